The highest BCUT2D eigenvalue weighted by Crippen LogP contribution is 2.30. The van der Waals surface area contributed by atoms with Gasteiger partial charge in [-0.05, 0) is 24.6 Å². The summed E-state index contributed by atoms with van der Waals surface area (Å²) in [7, 11) is 3.20. The maximum atomic E-state index is 13.3. The van der Waals surface area contributed by atoms with Gasteiger partial charge in [0.2, 0.25) is 5.43 Å². The minimum absolute atomic E-state index is 0.0309. The van der Waals surface area contributed by atoms with Gasteiger partial charge in [-0.2, -0.15) is 0 Å². The molecular weight excluding hydrogens is 340 g/mol. The largest absolute Gasteiger partial charge is 0.496 e. The van der Waals surface area contributed by atoms with Gasteiger partial charge in [-0.25, -0.2) is 0 Å². The van der Waals surface area contributed by atoms with E-state index in [0.717, 1.165) is 30.8 Å². The monoisotopic (exact) mass is 365 g/mol. The molecule has 3 aromatic rings. The van der Waals surface area contributed by atoms with Crippen molar-refractivity contribution >= 4 is 10.9 Å². The lowest BCUT2D eigenvalue weighted by Crippen LogP contribution is -3.10. The van der Waals surface area contributed by atoms with Crippen molar-refractivity contribution in [2.24, 2.45) is 0 Å². The number of aromatic amines is 1. The fourth-order valence-corrected chi connectivity index (χ4v) is 4.10. The molecule has 2 heterocycles. The van der Waals surface area contributed by atoms with Crippen LogP contribution in [0.1, 0.15) is 22.4 Å². The van der Waals surface area contributed by atoms with Crippen molar-refractivity contribution in [2.75, 3.05) is 20.8 Å². The molecule has 0 aliphatic carbocycles. The van der Waals surface area contributed by atoms with Crippen molar-refractivity contribution in [3.8, 4) is 11.5 Å². The highest BCUT2D eigenvalue weighted by atomic mass is 16.5. The number of ether oxygens (including phenoxy) is 2. The first-order valence-corrected chi connectivity index (χ1v) is 9.29. The summed E-state index contributed by atoms with van der Waals surface area (Å²) in [5.74, 6) is 1.23. The number of aromatic nitrogens is 1. The number of fused-ring (bicyclic) bond motifs is 2. The van der Waals surface area contributed by atoms with Gasteiger partial charge in [-0.15, -0.1) is 0 Å². The second kappa shape index (κ2) is 7.08. The Labute approximate surface area is 158 Å². The SMILES string of the molecule is COc1ccc(OC)c2c(=O)c(C[NH+]3CCc4ccccc4C3)c(C)[nH]c12. The van der Waals surface area contributed by atoms with Gasteiger partial charge in [0.05, 0.1) is 37.2 Å². The van der Waals surface area contributed by atoms with E-state index in [2.05, 4.69) is 29.2 Å². The Balaban J connectivity index is 1.76. The third kappa shape index (κ3) is 3.08. The third-order valence-corrected chi connectivity index (χ3v) is 5.57. The average Bonchev–Trinajstić information content (AvgIpc) is 2.70. The van der Waals surface area contributed by atoms with Gasteiger partial charge in [0.1, 0.15) is 24.6 Å². The highest BCUT2D eigenvalue weighted by molar-refractivity contribution is 5.90. The summed E-state index contributed by atoms with van der Waals surface area (Å²) in [5.41, 5.74) is 5.25. The smallest absolute Gasteiger partial charge is 0.202 e. The van der Waals surface area contributed by atoms with Crippen LogP contribution in [-0.2, 0) is 19.5 Å². The normalized spacial score (nSPS) is 16.2. The van der Waals surface area contributed by atoms with Crippen molar-refractivity contribution in [2.45, 2.75) is 26.4 Å². The van der Waals surface area contributed by atoms with E-state index in [4.69, 9.17) is 9.47 Å². The number of quaternary nitrogens is 1. The van der Waals surface area contributed by atoms with Crippen LogP contribution in [0.3, 0.4) is 0 Å². The second-order valence-electron chi connectivity index (χ2n) is 7.15. The van der Waals surface area contributed by atoms with Crippen LogP contribution in [0.4, 0.5) is 0 Å². The number of hydrogen-bond acceptors (Lipinski definition) is 3. The Kier molecular flexibility index (Phi) is 4.62. The standard InChI is InChI=1S/C22H24N2O3/c1-14-17(13-24-11-10-15-6-4-5-7-16(15)12-24)22(25)20-18(26-2)8-9-19(27-3)21(20)23-14/h4-9H,10-13H2,1-3H3,(H,23,25)/p+1. The predicted molar refractivity (Wildman–Crippen MR) is 106 cm³/mol. The van der Waals surface area contributed by atoms with Gasteiger partial charge >= 0.3 is 0 Å². The quantitative estimate of drug-likeness (QED) is 0.744. The molecule has 5 nitrogen and oxygen atoms in total. The molecule has 0 radical (unpaired) electrons. The first-order valence-electron chi connectivity index (χ1n) is 9.29. The number of hydrogen-bond donors (Lipinski definition) is 2. The van der Waals surface area contributed by atoms with E-state index in [1.165, 1.54) is 16.0 Å². The Morgan fingerprint density at radius 1 is 1.04 bits per heavy atom. The Hall–Kier alpha value is -2.79. The summed E-state index contributed by atoms with van der Waals surface area (Å²) in [6.07, 6.45) is 1.05. The van der Waals surface area contributed by atoms with Crippen LogP contribution in [0.5, 0.6) is 11.5 Å². The molecule has 0 fully saturated rings. The zero-order valence-corrected chi connectivity index (χ0v) is 16.0. The van der Waals surface area contributed by atoms with Crippen LogP contribution < -0.4 is 19.8 Å². The number of aryl methyl sites for hydroxylation is 1. The van der Waals surface area contributed by atoms with E-state index >= 15 is 0 Å². The summed E-state index contributed by atoms with van der Waals surface area (Å²) < 4.78 is 10.9. The van der Waals surface area contributed by atoms with Gasteiger partial charge in [-0.1, -0.05) is 24.3 Å². The Morgan fingerprint density at radius 3 is 2.48 bits per heavy atom. The van der Waals surface area contributed by atoms with E-state index in [9.17, 15) is 4.79 Å². The number of benzene rings is 2. The summed E-state index contributed by atoms with van der Waals surface area (Å²) in [6.45, 7) is 4.64. The van der Waals surface area contributed by atoms with Crippen LogP contribution in [0.25, 0.3) is 10.9 Å². The van der Waals surface area contributed by atoms with Crippen molar-refractivity contribution in [1.82, 2.24) is 4.98 Å². The van der Waals surface area contributed by atoms with E-state index < -0.39 is 0 Å². The average molecular weight is 365 g/mol. The maximum absolute atomic E-state index is 13.3. The van der Waals surface area contributed by atoms with Gasteiger partial charge < -0.3 is 19.4 Å². The molecule has 0 saturated heterocycles. The lowest BCUT2D eigenvalue weighted by atomic mass is 9.99. The Bertz CT molecular complexity index is 1060. The molecule has 2 N–H and O–H groups in total. The molecule has 0 amide bonds. The molecule has 1 unspecified atom stereocenters. The lowest BCUT2D eigenvalue weighted by Gasteiger charge is -2.26. The molecule has 0 spiro atoms. The summed E-state index contributed by atoms with van der Waals surface area (Å²) in [5, 5.41) is 0.564. The number of rotatable bonds is 4. The van der Waals surface area contributed by atoms with Crippen LogP contribution >= 0.6 is 0 Å². The molecule has 0 bridgehead atoms. The van der Waals surface area contributed by atoms with Gasteiger partial charge in [0.25, 0.3) is 0 Å². The van der Waals surface area contributed by atoms with Crippen molar-refractivity contribution in [1.29, 1.82) is 0 Å². The zero-order valence-electron chi connectivity index (χ0n) is 16.0. The summed E-state index contributed by atoms with van der Waals surface area (Å²) >= 11 is 0. The zero-order chi connectivity index (χ0) is 19.0. The summed E-state index contributed by atoms with van der Waals surface area (Å²) in [6, 6.07) is 12.2. The number of methoxy groups -OCH3 is 2. The molecule has 4 rings (SSSR count). The van der Waals surface area contributed by atoms with E-state index in [0.29, 0.717) is 28.9 Å². The molecule has 27 heavy (non-hydrogen) atoms. The first-order chi connectivity index (χ1) is 13.1. The van der Waals surface area contributed by atoms with Crippen LogP contribution in [0.2, 0.25) is 0 Å². The Morgan fingerprint density at radius 2 is 1.74 bits per heavy atom. The fraction of sp³-hybridized carbons (Fsp3) is 0.318. The second-order valence-corrected chi connectivity index (χ2v) is 7.15. The van der Waals surface area contributed by atoms with Gasteiger partial charge in [0, 0.05) is 17.7 Å². The maximum Gasteiger partial charge on any atom is 0.202 e. The third-order valence-electron chi connectivity index (χ3n) is 5.57. The molecule has 1 aliphatic heterocycles. The minimum atomic E-state index is 0.0309. The summed E-state index contributed by atoms with van der Waals surface area (Å²) in [4.78, 5) is 18.1. The number of pyridine rings is 1. The molecule has 2 aromatic carbocycles. The van der Waals surface area contributed by atoms with Gasteiger partial charge in [0.15, 0.2) is 0 Å². The van der Waals surface area contributed by atoms with Gasteiger partial charge in [-0.3, -0.25) is 4.79 Å². The van der Waals surface area contributed by atoms with E-state index in [1.54, 1.807) is 20.3 Å². The van der Waals surface area contributed by atoms with Crippen molar-refractivity contribution < 1.29 is 14.4 Å². The van der Waals surface area contributed by atoms with Crippen LogP contribution in [0.15, 0.2) is 41.2 Å². The molecule has 1 aromatic heterocycles. The minimum Gasteiger partial charge on any atom is -0.496 e. The predicted octanol–water partition coefficient (Wildman–Crippen LogP) is 1.99. The van der Waals surface area contributed by atoms with Crippen LogP contribution in [-0.4, -0.2) is 25.7 Å². The first kappa shape index (κ1) is 17.6. The lowest BCUT2D eigenvalue weighted by molar-refractivity contribution is -0.929. The number of H-pyrrole nitrogens is 1. The molecule has 140 valence electrons. The topological polar surface area (TPSA) is 55.8 Å². The molecule has 1 aliphatic rings. The highest BCUT2D eigenvalue weighted by Gasteiger charge is 2.23. The van der Waals surface area contributed by atoms with Crippen LogP contribution in [0, 0.1) is 6.92 Å². The number of nitrogens with one attached hydrogen (secondary N) is 2. The molecular formula is C22H25N2O3+. The van der Waals surface area contributed by atoms with E-state index in [-0.39, 0.29) is 5.43 Å². The molecule has 1 atom stereocenters. The van der Waals surface area contributed by atoms with E-state index in [1.807, 2.05) is 13.0 Å². The molecule has 0 saturated carbocycles. The van der Waals surface area contributed by atoms with Crippen molar-refractivity contribution in [3.05, 3.63) is 69.0 Å². The fourth-order valence-electron chi connectivity index (χ4n) is 4.10. The molecule has 5 heteroatoms. The van der Waals surface area contributed by atoms with Crippen molar-refractivity contribution in [3.63, 3.8) is 0 Å².